The molecule has 0 bridgehead atoms. The minimum Gasteiger partial charge on any atom is -0.338 e. The Hall–Kier alpha value is -1.35. The second kappa shape index (κ2) is 5.09. The molecule has 0 spiro atoms. The number of fused-ring (bicyclic) bond motifs is 2. The fraction of sp³-hybridized carbons (Fsp3) is 0.556. The molecule has 1 aromatic rings. The van der Waals surface area contributed by atoms with E-state index < -0.39 is 0 Å². The van der Waals surface area contributed by atoms with Gasteiger partial charge < -0.3 is 4.90 Å². The van der Waals surface area contributed by atoms with E-state index in [1.165, 1.54) is 6.42 Å². The van der Waals surface area contributed by atoms with E-state index >= 15 is 0 Å². The van der Waals surface area contributed by atoms with Crippen LogP contribution in [0.15, 0.2) is 31.0 Å². The van der Waals surface area contributed by atoms with Gasteiger partial charge in [0.1, 0.15) is 5.15 Å². The number of amides is 1. The molecule has 2 heterocycles. The van der Waals surface area contributed by atoms with E-state index in [0.717, 1.165) is 30.8 Å². The van der Waals surface area contributed by atoms with Gasteiger partial charge in [-0.3, -0.25) is 4.79 Å². The molecule has 2 aliphatic carbocycles. The Balaban J connectivity index is 1.55. The van der Waals surface area contributed by atoms with Crippen molar-refractivity contribution in [2.75, 3.05) is 13.1 Å². The van der Waals surface area contributed by atoms with Crippen molar-refractivity contribution in [1.29, 1.82) is 0 Å². The summed E-state index contributed by atoms with van der Waals surface area (Å²) in [6.45, 7) is 8.16. The summed E-state index contributed by atoms with van der Waals surface area (Å²) < 4.78 is 0. The molecule has 1 amide bonds. The molecule has 1 aromatic heterocycles. The van der Waals surface area contributed by atoms with Crippen molar-refractivity contribution in [2.45, 2.75) is 13.3 Å². The van der Waals surface area contributed by atoms with Crippen LogP contribution < -0.4 is 0 Å². The average molecular weight is 317 g/mol. The molecule has 6 unspecified atom stereocenters. The third kappa shape index (κ3) is 2.10. The summed E-state index contributed by atoms with van der Waals surface area (Å²) in [4.78, 5) is 18.8. The molecule has 4 heteroatoms. The number of hydrogen-bond acceptors (Lipinski definition) is 2. The number of nitrogens with zero attached hydrogens (tertiary/aromatic N) is 2. The van der Waals surface area contributed by atoms with Gasteiger partial charge in [0.05, 0.1) is 5.56 Å². The molecule has 116 valence electrons. The number of rotatable bonds is 2. The van der Waals surface area contributed by atoms with Crippen LogP contribution in [0.2, 0.25) is 5.15 Å². The maximum atomic E-state index is 12.7. The summed E-state index contributed by atoms with van der Waals surface area (Å²) >= 11 is 5.81. The highest BCUT2D eigenvalue weighted by Gasteiger charge is 2.58. The minimum atomic E-state index is 0.0854. The van der Waals surface area contributed by atoms with E-state index in [-0.39, 0.29) is 5.91 Å². The van der Waals surface area contributed by atoms with E-state index in [9.17, 15) is 4.79 Å². The van der Waals surface area contributed by atoms with Gasteiger partial charge in [-0.1, -0.05) is 24.6 Å². The van der Waals surface area contributed by atoms with E-state index in [4.69, 9.17) is 11.6 Å². The third-order valence-corrected chi connectivity index (χ3v) is 6.40. The summed E-state index contributed by atoms with van der Waals surface area (Å²) in [6, 6.07) is 3.45. The van der Waals surface area contributed by atoms with Crippen LogP contribution in [0.4, 0.5) is 0 Å². The highest BCUT2D eigenvalue weighted by molar-refractivity contribution is 6.29. The molecule has 3 aliphatic rings. The maximum Gasteiger partial charge on any atom is 0.255 e. The molecule has 4 rings (SSSR count). The van der Waals surface area contributed by atoms with Gasteiger partial charge in [-0.05, 0) is 54.1 Å². The average Bonchev–Trinajstić information content (AvgIpc) is 3.19. The van der Waals surface area contributed by atoms with Gasteiger partial charge in [0.2, 0.25) is 0 Å². The molecule has 1 aliphatic heterocycles. The first-order valence-electron chi connectivity index (χ1n) is 8.13. The SMILES string of the molecule is C=CC1C2CC2C(C)C2CN(C(=O)c3ccc(Cl)nc3)CC12. The highest BCUT2D eigenvalue weighted by Crippen LogP contribution is 2.61. The van der Waals surface area contributed by atoms with Crippen molar-refractivity contribution in [3.8, 4) is 0 Å². The fourth-order valence-electron chi connectivity index (χ4n) is 4.94. The summed E-state index contributed by atoms with van der Waals surface area (Å²) in [5, 5.41) is 0.423. The Kier molecular flexibility index (Phi) is 3.30. The lowest BCUT2D eigenvalue weighted by Gasteiger charge is -2.35. The van der Waals surface area contributed by atoms with Crippen LogP contribution in [-0.4, -0.2) is 28.9 Å². The smallest absolute Gasteiger partial charge is 0.255 e. The van der Waals surface area contributed by atoms with E-state index in [0.29, 0.717) is 28.5 Å². The number of aromatic nitrogens is 1. The van der Waals surface area contributed by atoms with Crippen molar-refractivity contribution in [3.05, 3.63) is 41.7 Å². The normalized spacial score (nSPS) is 39.1. The molecule has 3 fully saturated rings. The second-order valence-electron chi connectivity index (χ2n) is 7.14. The van der Waals surface area contributed by atoms with Crippen LogP contribution >= 0.6 is 11.6 Å². The van der Waals surface area contributed by atoms with Crippen molar-refractivity contribution >= 4 is 17.5 Å². The Morgan fingerprint density at radius 2 is 2.09 bits per heavy atom. The number of likely N-dealkylation sites (tertiary alicyclic amines) is 1. The number of halogens is 1. The van der Waals surface area contributed by atoms with Gasteiger partial charge in [0.25, 0.3) is 5.91 Å². The van der Waals surface area contributed by atoms with E-state index in [1.807, 2.05) is 4.90 Å². The minimum absolute atomic E-state index is 0.0854. The van der Waals surface area contributed by atoms with Gasteiger partial charge in [-0.25, -0.2) is 4.98 Å². The number of carbonyl (C=O) groups is 1. The molecule has 2 saturated carbocycles. The standard InChI is InChI=1S/C18H21ClN2O/c1-3-12-14-6-13(14)10(2)15-8-21(9-16(12)15)18(22)11-4-5-17(19)20-7-11/h3-5,7,10,12-16H,1,6,8-9H2,2H3. The summed E-state index contributed by atoms with van der Waals surface area (Å²) in [6.07, 6.45) is 5.09. The van der Waals surface area contributed by atoms with Crippen LogP contribution in [0.25, 0.3) is 0 Å². The van der Waals surface area contributed by atoms with E-state index in [1.54, 1.807) is 18.3 Å². The van der Waals surface area contributed by atoms with Crippen LogP contribution in [-0.2, 0) is 0 Å². The second-order valence-corrected chi connectivity index (χ2v) is 7.53. The lowest BCUT2D eigenvalue weighted by molar-refractivity contribution is 0.0780. The Bertz CT molecular complexity index is 614. The first-order valence-corrected chi connectivity index (χ1v) is 8.51. The molecular weight excluding hydrogens is 296 g/mol. The predicted molar refractivity (Wildman–Crippen MR) is 86.6 cm³/mol. The maximum absolute atomic E-state index is 12.7. The van der Waals surface area contributed by atoms with Crippen molar-refractivity contribution < 1.29 is 4.79 Å². The van der Waals surface area contributed by atoms with Gasteiger partial charge >= 0.3 is 0 Å². The zero-order valence-electron chi connectivity index (χ0n) is 12.8. The zero-order chi connectivity index (χ0) is 15.4. The lowest BCUT2D eigenvalue weighted by Crippen LogP contribution is -2.33. The van der Waals surface area contributed by atoms with Gasteiger partial charge in [0, 0.05) is 19.3 Å². The van der Waals surface area contributed by atoms with Gasteiger partial charge in [-0.15, -0.1) is 6.58 Å². The third-order valence-electron chi connectivity index (χ3n) is 6.18. The van der Waals surface area contributed by atoms with Crippen molar-refractivity contribution in [3.63, 3.8) is 0 Å². The Morgan fingerprint density at radius 1 is 1.32 bits per heavy atom. The first kappa shape index (κ1) is 14.3. The van der Waals surface area contributed by atoms with Gasteiger partial charge in [-0.2, -0.15) is 0 Å². The van der Waals surface area contributed by atoms with Crippen molar-refractivity contribution in [1.82, 2.24) is 9.88 Å². The summed E-state index contributed by atoms with van der Waals surface area (Å²) in [5.74, 6) is 4.29. The van der Waals surface area contributed by atoms with Crippen LogP contribution in [0.3, 0.4) is 0 Å². The Labute approximate surface area is 136 Å². The van der Waals surface area contributed by atoms with Crippen LogP contribution in [0, 0.1) is 35.5 Å². The largest absolute Gasteiger partial charge is 0.338 e. The topological polar surface area (TPSA) is 33.2 Å². The van der Waals surface area contributed by atoms with Crippen LogP contribution in [0.1, 0.15) is 23.7 Å². The number of carbonyl (C=O) groups excluding carboxylic acids is 1. The first-order chi connectivity index (χ1) is 10.6. The molecular formula is C18H21ClN2O. The molecule has 22 heavy (non-hydrogen) atoms. The molecule has 0 aromatic carbocycles. The lowest BCUT2D eigenvalue weighted by atomic mass is 9.69. The molecule has 1 saturated heterocycles. The predicted octanol–water partition coefficient (Wildman–Crippen LogP) is 3.51. The zero-order valence-corrected chi connectivity index (χ0v) is 13.5. The van der Waals surface area contributed by atoms with Crippen LogP contribution in [0.5, 0.6) is 0 Å². The number of pyridine rings is 1. The summed E-state index contributed by atoms with van der Waals surface area (Å²) in [5.41, 5.74) is 0.635. The molecule has 3 nitrogen and oxygen atoms in total. The molecule has 0 N–H and O–H groups in total. The summed E-state index contributed by atoms with van der Waals surface area (Å²) in [7, 11) is 0. The number of allylic oxidation sites excluding steroid dienone is 1. The highest BCUT2D eigenvalue weighted by atomic mass is 35.5. The van der Waals surface area contributed by atoms with E-state index in [2.05, 4.69) is 24.6 Å². The van der Waals surface area contributed by atoms with Crippen molar-refractivity contribution in [2.24, 2.45) is 35.5 Å². The molecule has 6 atom stereocenters. The quantitative estimate of drug-likeness (QED) is 0.618. The number of hydrogen-bond donors (Lipinski definition) is 0. The Morgan fingerprint density at radius 3 is 2.77 bits per heavy atom. The molecule has 0 radical (unpaired) electrons. The fourth-order valence-corrected chi connectivity index (χ4v) is 5.05. The monoisotopic (exact) mass is 316 g/mol. The van der Waals surface area contributed by atoms with Gasteiger partial charge in [0.15, 0.2) is 0 Å².